The highest BCUT2D eigenvalue weighted by atomic mass is 32.1. The maximum absolute atomic E-state index is 12.4. The van der Waals surface area contributed by atoms with Crippen LogP contribution in [0.25, 0.3) is 31.8 Å². The number of fused-ring (bicyclic) bond motifs is 4. The number of carbonyl (C=O) groups excluding carboxylic acids is 1. The highest BCUT2D eigenvalue weighted by Gasteiger charge is 2.27. The minimum atomic E-state index is -0.0821. The van der Waals surface area contributed by atoms with Crippen molar-refractivity contribution in [3.63, 3.8) is 0 Å². The van der Waals surface area contributed by atoms with Crippen LogP contribution in [0.4, 0.5) is 5.69 Å². The summed E-state index contributed by atoms with van der Waals surface area (Å²) in [4.78, 5) is 34.7. The van der Waals surface area contributed by atoms with Gasteiger partial charge in [0.1, 0.15) is 22.7 Å². The zero-order valence-electron chi connectivity index (χ0n) is 20.6. The van der Waals surface area contributed by atoms with Gasteiger partial charge in [-0.05, 0) is 50.1 Å². The molecule has 0 fully saturated rings. The fraction of sp³-hybridized carbons (Fsp3) is 0.259. The summed E-state index contributed by atoms with van der Waals surface area (Å²) in [5.41, 5.74) is 6.26. The normalized spacial score (nSPS) is 14.5. The molecule has 0 unspecified atom stereocenters. The van der Waals surface area contributed by atoms with Gasteiger partial charge in [0.15, 0.2) is 0 Å². The fourth-order valence-corrected chi connectivity index (χ4v) is 5.67. The quantitative estimate of drug-likeness (QED) is 0.337. The Balaban J connectivity index is 1.22. The molecule has 0 saturated carbocycles. The average Bonchev–Trinajstić information content (AvgIpc) is 3.52. The van der Waals surface area contributed by atoms with E-state index in [0.29, 0.717) is 30.2 Å². The fourth-order valence-electron chi connectivity index (χ4n) is 4.54. The molecule has 37 heavy (non-hydrogen) atoms. The van der Waals surface area contributed by atoms with Gasteiger partial charge in [0.05, 0.1) is 52.6 Å². The molecule has 3 aromatic heterocycles. The number of aromatic nitrogens is 5. The second-order valence-corrected chi connectivity index (χ2v) is 10.1. The summed E-state index contributed by atoms with van der Waals surface area (Å²) in [5.74, 6) is 1.92. The van der Waals surface area contributed by atoms with E-state index in [-0.39, 0.29) is 12.0 Å². The van der Waals surface area contributed by atoms with Gasteiger partial charge in [0.2, 0.25) is 11.8 Å². The van der Waals surface area contributed by atoms with Crippen molar-refractivity contribution in [2.75, 3.05) is 12.4 Å². The molecule has 0 aliphatic carbocycles. The third kappa shape index (κ3) is 4.55. The molecular weight excluding hydrogens is 488 g/mol. The summed E-state index contributed by atoms with van der Waals surface area (Å²) in [6, 6.07) is 8.06. The predicted molar refractivity (Wildman–Crippen MR) is 142 cm³/mol. The van der Waals surface area contributed by atoms with Crippen LogP contribution in [0, 0.1) is 13.8 Å². The van der Waals surface area contributed by atoms with Gasteiger partial charge in [-0.3, -0.25) is 4.79 Å². The smallest absolute Gasteiger partial charge is 0.232 e. The van der Waals surface area contributed by atoms with E-state index in [0.717, 1.165) is 55.1 Å². The number of anilines is 1. The largest absolute Gasteiger partial charge is 0.490 e. The zero-order valence-corrected chi connectivity index (χ0v) is 21.4. The molecule has 6 rings (SSSR count). The first-order chi connectivity index (χ1) is 18.0. The average molecular weight is 513 g/mol. The molecule has 0 saturated heterocycles. The lowest BCUT2D eigenvalue weighted by Crippen LogP contribution is -2.18. The number of hydrogen-bond acceptors (Lipinski definition) is 9. The minimum Gasteiger partial charge on any atom is -0.490 e. The van der Waals surface area contributed by atoms with Crippen molar-refractivity contribution in [3.8, 4) is 22.2 Å². The van der Waals surface area contributed by atoms with E-state index in [1.807, 2.05) is 25.1 Å². The van der Waals surface area contributed by atoms with Gasteiger partial charge in [0, 0.05) is 24.0 Å². The molecule has 186 valence electrons. The van der Waals surface area contributed by atoms with Crippen molar-refractivity contribution >= 4 is 44.2 Å². The molecule has 1 atom stereocenters. The second kappa shape index (κ2) is 9.36. The SMILES string of the molecule is COc1cnc2c(-c3nc4ccc5c(c4s3)C[C@H](CCC(=O)Nc3cnc(C)nc3)O5)cc(C)cc2n1. The molecule has 4 heterocycles. The maximum Gasteiger partial charge on any atom is 0.232 e. The Bertz CT molecular complexity index is 1650. The van der Waals surface area contributed by atoms with Crippen LogP contribution in [0.3, 0.4) is 0 Å². The molecule has 5 aromatic rings. The Hall–Kier alpha value is -4.18. The Labute approximate surface area is 216 Å². The number of nitrogens with one attached hydrogen (secondary N) is 1. The van der Waals surface area contributed by atoms with Crippen LogP contribution in [0.1, 0.15) is 29.8 Å². The number of thiazole rings is 1. The summed E-state index contributed by atoms with van der Waals surface area (Å²) >= 11 is 1.64. The number of methoxy groups -OCH3 is 1. The zero-order chi connectivity index (χ0) is 25.5. The number of amides is 1. The van der Waals surface area contributed by atoms with Gasteiger partial charge >= 0.3 is 0 Å². The molecule has 10 heteroatoms. The summed E-state index contributed by atoms with van der Waals surface area (Å²) in [6.45, 7) is 3.84. The third-order valence-electron chi connectivity index (χ3n) is 6.31. The molecule has 2 aromatic carbocycles. The Morgan fingerprint density at radius 3 is 2.76 bits per heavy atom. The molecule has 0 spiro atoms. The van der Waals surface area contributed by atoms with E-state index < -0.39 is 0 Å². The van der Waals surface area contributed by atoms with E-state index in [9.17, 15) is 4.79 Å². The van der Waals surface area contributed by atoms with Crippen LogP contribution < -0.4 is 14.8 Å². The van der Waals surface area contributed by atoms with Crippen LogP contribution in [-0.4, -0.2) is 44.0 Å². The number of carbonyl (C=O) groups is 1. The van der Waals surface area contributed by atoms with Crippen molar-refractivity contribution in [3.05, 3.63) is 59.8 Å². The van der Waals surface area contributed by atoms with Crippen molar-refractivity contribution < 1.29 is 14.3 Å². The Morgan fingerprint density at radius 1 is 1.11 bits per heavy atom. The van der Waals surface area contributed by atoms with Gasteiger partial charge in [-0.1, -0.05) is 0 Å². The summed E-state index contributed by atoms with van der Waals surface area (Å²) in [5, 5.41) is 3.73. The van der Waals surface area contributed by atoms with Gasteiger partial charge in [0.25, 0.3) is 0 Å². The highest BCUT2D eigenvalue weighted by Crippen LogP contribution is 2.42. The van der Waals surface area contributed by atoms with Crippen LogP contribution in [-0.2, 0) is 11.2 Å². The topological polar surface area (TPSA) is 112 Å². The van der Waals surface area contributed by atoms with E-state index in [1.165, 1.54) is 0 Å². The summed E-state index contributed by atoms with van der Waals surface area (Å²) in [6.07, 6.45) is 6.48. The summed E-state index contributed by atoms with van der Waals surface area (Å²) in [7, 11) is 1.58. The lowest BCUT2D eigenvalue weighted by molar-refractivity contribution is -0.116. The molecule has 0 bridgehead atoms. The maximum atomic E-state index is 12.4. The van der Waals surface area contributed by atoms with Crippen LogP contribution >= 0.6 is 11.3 Å². The molecule has 9 nitrogen and oxygen atoms in total. The highest BCUT2D eigenvalue weighted by molar-refractivity contribution is 7.22. The third-order valence-corrected chi connectivity index (χ3v) is 7.47. The van der Waals surface area contributed by atoms with E-state index in [1.54, 1.807) is 44.0 Å². The first kappa shape index (κ1) is 23.2. The van der Waals surface area contributed by atoms with Gasteiger partial charge < -0.3 is 14.8 Å². The van der Waals surface area contributed by atoms with Crippen LogP contribution in [0.5, 0.6) is 11.6 Å². The van der Waals surface area contributed by atoms with Crippen molar-refractivity contribution in [2.45, 2.75) is 39.2 Å². The van der Waals surface area contributed by atoms with Gasteiger partial charge in [-0.25, -0.2) is 24.9 Å². The van der Waals surface area contributed by atoms with E-state index in [4.69, 9.17) is 14.5 Å². The number of benzene rings is 2. The minimum absolute atomic E-state index is 0.0655. The Morgan fingerprint density at radius 2 is 1.95 bits per heavy atom. The van der Waals surface area contributed by atoms with Gasteiger partial charge in [-0.2, -0.15) is 0 Å². The lowest BCUT2D eigenvalue weighted by atomic mass is 10.1. The molecule has 1 aliphatic heterocycles. The lowest BCUT2D eigenvalue weighted by Gasteiger charge is -2.10. The number of aryl methyl sites for hydroxylation is 2. The molecule has 1 aliphatic rings. The van der Waals surface area contributed by atoms with E-state index in [2.05, 4.69) is 31.3 Å². The van der Waals surface area contributed by atoms with Gasteiger partial charge in [-0.15, -0.1) is 11.3 Å². The van der Waals surface area contributed by atoms with Crippen LogP contribution in [0.2, 0.25) is 0 Å². The number of nitrogens with zero attached hydrogens (tertiary/aromatic N) is 5. The van der Waals surface area contributed by atoms with Crippen LogP contribution in [0.15, 0.2) is 42.9 Å². The van der Waals surface area contributed by atoms with Crippen molar-refractivity contribution in [1.29, 1.82) is 0 Å². The standard InChI is InChI=1S/C27H24N6O3S/c1-14-8-19(25-21(9-14)32-24(35-3)13-30-25)27-33-20-5-6-22-18(26(20)37-27)10-17(36-22)4-7-23(34)31-16-11-28-15(2)29-12-16/h5-6,8-9,11-13,17H,4,7,10H2,1-3H3,(H,31,34)/t17-/m0/s1. The number of rotatable bonds is 6. The van der Waals surface area contributed by atoms with E-state index >= 15 is 0 Å². The first-order valence-electron chi connectivity index (χ1n) is 12.0. The summed E-state index contributed by atoms with van der Waals surface area (Å²) < 4.78 is 12.6. The number of hydrogen-bond donors (Lipinski definition) is 1. The molecule has 0 radical (unpaired) electrons. The Kier molecular flexibility index (Phi) is 5.88. The monoisotopic (exact) mass is 512 g/mol. The second-order valence-electron chi connectivity index (χ2n) is 9.05. The first-order valence-corrected chi connectivity index (χ1v) is 12.8. The molecule has 1 amide bonds. The van der Waals surface area contributed by atoms with Crippen molar-refractivity contribution in [2.24, 2.45) is 0 Å². The molecule has 1 N–H and O–H groups in total. The number of ether oxygens (including phenoxy) is 2. The van der Waals surface area contributed by atoms with Crippen molar-refractivity contribution in [1.82, 2.24) is 24.9 Å². The molecular formula is C27H24N6O3S. The predicted octanol–water partition coefficient (Wildman–Crippen LogP) is 5.04.